The van der Waals surface area contributed by atoms with Gasteiger partial charge in [-0.25, -0.2) is 0 Å². The highest BCUT2D eigenvalue weighted by molar-refractivity contribution is 7.72. The molecule has 3 nitrogen and oxygen atoms in total. The van der Waals surface area contributed by atoms with E-state index in [4.69, 9.17) is 28.9 Å². The van der Waals surface area contributed by atoms with Gasteiger partial charge in [0.25, 0.3) is 4.84 Å². The molecule has 0 aliphatic rings. The second-order valence-electron chi connectivity index (χ2n) is 4.54. The summed E-state index contributed by atoms with van der Waals surface area (Å²) in [5.41, 5.74) is 3.96. The van der Waals surface area contributed by atoms with Crippen molar-refractivity contribution < 1.29 is 4.42 Å². The zero-order chi connectivity index (χ0) is 14.3. The van der Waals surface area contributed by atoms with E-state index >= 15 is 0 Å². The number of allylic oxidation sites excluding steroid dienone is 1. The van der Waals surface area contributed by atoms with Crippen molar-refractivity contribution in [2.24, 2.45) is 0 Å². The van der Waals surface area contributed by atoms with Gasteiger partial charge in [-0.2, -0.15) is 0 Å². The highest BCUT2D eigenvalue weighted by Crippen LogP contribution is 2.28. The second kappa shape index (κ2) is 5.00. The average molecular weight is 302 g/mol. The first kappa shape index (κ1) is 13.3. The van der Waals surface area contributed by atoms with Crippen LogP contribution >= 0.6 is 24.4 Å². The number of pyridine rings is 1. The molecule has 102 valence electrons. The normalized spacial score (nSPS) is 11.2. The molecule has 0 spiro atoms. The van der Waals surface area contributed by atoms with Crippen LogP contribution in [-0.2, 0) is 13.0 Å². The lowest BCUT2D eigenvalue weighted by molar-refractivity contribution is 0.506. The summed E-state index contributed by atoms with van der Waals surface area (Å²) in [5.74, 6) is 0. The first-order valence-corrected chi connectivity index (χ1v) is 7.27. The van der Waals surface area contributed by atoms with Crippen molar-refractivity contribution >= 4 is 41.1 Å². The van der Waals surface area contributed by atoms with Crippen molar-refractivity contribution in [3.05, 3.63) is 52.1 Å². The molecule has 0 aromatic carbocycles. The number of fused-ring (bicyclic) bond motifs is 3. The van der Waals surface area contributed by atoms with E-state index in [-0.39, 0.29) is 0 Å². The minimum Gasteiger partial charge on any atom is -0.429 e. The Balaban J connectivity index is 2.61. The van der Waals surface area contributed by atoms with Gasteiger partial charge in [0.15, 0.2) is 5.58 Å². The van der Waals surface area contributed by atoms with Crippen molar-refractivity contribution in [1.29, 1.82) is 0 Å². The molecule has 0 radical (unpaired) electrons. The lowest BCUT2D eigenvalue weighted by Crippen LogP contribution is -2.01. The molecule has 0 saturated carbocycles. The van der Waals surface area contributed by atoms with Crippen LogP contribution in [0.25, 0.3) is 16.6 Å². The maximum Gasteiger partial charge on any atom is 0.270 e. The summed E-state index contributed by atoms with van der Waals surface area (Å²) in [4.78, 5) is 0.396. The minimum atomic E-state index is 0.396. The summed E-state index contributed by atoms with van der Waals surface area (Å²) in [6.45, 7) is 6.40. The molecular formula is C15H14N2OS2. The molecule has 0 unspecified atom stereocenters. The number of rotatable bonds is 3. The summed E-state index contributed by atoms with van der Waals surface area (Å²) >= 11 is 10.9. The Labute approximate surface area is 126 Å². The van der Waals surface area contributed by atoms with E-state index in [1.807, 2.05) is 18.3 Å². The molecule has 3 rings (SSSR count). The van der Waals surface area contributed by atoms with Crippen molar-refractivity contribution in [3.63, 3.8) is 0 Å². The quantitative estimate of drug-likeness (QED) is 0.517. The Morgan fingerprint density at radius 3 is 2.85 bits per heavy atom. The van der Waals surface area contributed by atoms with Crippen molar-refractivity contribution in [3.8, 4) is 0 Å². The van der Waals surface area contributed by atoms with Gasteiger partial charge in [0.05, 0.1) is 5.52 Å². The van der Waals surface area contributed by atoms with E-state index < -0.39 is 0 Å². The zero-order valence-corrected chi connectivity index (χ0v) is 12.8. The molecule has 5 heteroatoms. The molecule has 20 heavy (non-hydrogen) atoms. The number of aromatic nitrogens is 2. The Kier molecular flexibility index (Phi) is 3.31. The van der Waals surface area contributed by atoms with Gasteiger partial charge in [-0.15, -0.1) is 6.58 Å². The predicted octanol–water partition coefficient (Wildman–Crippen LogP) is 4.69. The molecule has 3 heterocycles. The van der Waals surface area contributed by atoms with E-state index in [2.05, 4.69) is 24.0 Å². The molecule has 0 fully saturated rings. The van der Waals surface area contributed by atoms with Gasteiger partial charge in [0.1, 0.15) is 10.2 Å². The van der Waals surface area contributed by atoms with Crippen LogP contribution in [0.1, 0.15) is 12.5 Å². The Hall–Kier alpha value is -1.72. The maximum absolute atomic E-state index is 5.88. The molecule has 3 aromatic heterocycles. The SMILES string of the molecule is C=CCn1c(=S)oc2c(CC)c3ccccn3c2c1=S. The van der Waals surface area contributed by atoms with Gasteiger partial charge in [0.2, 0.25) is 0 Å². The number of nitrogens with zero attached hydrogens (tertiary/aromatic N) is 2. The van der Waals surface area contributed by atoms with Crippen LogP contribution < -0.4 is 0 Å². The first-order chi connectivity index (χ1) is 9.69. The molecular weight excluding hydrogens is 288 g/mol. The Morgan fingerprint density at radius 2 is 2.15 bits per heavy atom. The third-order valence-corrected chi connectivity index (χ3v) is 4.14. The van der Waals surface area contributed by atoms with Gasteiger partial charge < -0.3 is 8.82 Å². The highest BCUT2D eigenvalue weighted by atomic mass is 32.1. The highest BCUT2D eigenvalue weighted by Gasteiger charge is 2.15. The third kappa shape index (κ3) is 1.77. The van der Waals surface area contributed by atoms with Crippen LogP contribution in [0.4, 0.5) is 0 Å². The van der Waals surface area contributed by atoms with Crippen LogP contribution in [0.3, 0.4) is 0 Å². The third-order valence-electron chi connectivity index (χ3n) is 3.42. The van der Waals surface area contributed by atoms with Gasteiger partial charge in [0, 0.05) is 18.3 Å². The fourth-order valence-electron chi connectivity index (χ4n) is 2.54. The van der Waals surface area contributed by atoms with E-state index in [1.54, 1.807) is 10.6 Å². The van der Waals surface area contributed by atoms with Crippen LogP contribution in [0.2, 0.25) is 0 Å². The molecule has 0 aliphatic heterocycles. The topological polar surface area (TPSA) is 22.5 Å². The fourth-order valence-corrected chi connectivity index (χ4v) is 3.20. The summed E-state index contributed by atoms with van der Waals surface area (Å²) < 4.78 is 10.4. The van der Waals surface area contributed by atoms with Crippen LogP contribution in [0.15, 0.2) is 41.5 Å². The average Bonchev–Trinajstić information content (AvgIpc) is 2.76. The van der Waals surface area contributed by atoms with Crippen molar-refractivity contribution in [1.82, 2.24) is 8.97 Å². The van der Waals surface area contributed by atoms with E-state index in [0.717, 1.165) is 28.6 Å². The van der Waals surface area contributed by atoms with Crippen LogP contribution in [0.5, 0.6) is 0 Å². The lowest BCUT2D eigenvalue weighted by atomic mass is 10.2. The van der Waals surface area contributed by atoms with E-state index in [9.17, 15) is 0 Å². The standard InChI is InChI=1S/C15H14N2OS2/c1-3-8-17-14(19)12-13(18-15(17)20)10(4-2)11-7-5-6-9-16(11)12/h3,5-7,9H,1,4,8H2,2H3. The maximum atomic E-state index is 5.88. The molecule has 0 saturated heterocycles. The van der Waals surface area contributed by atoms with Gasteiger partial charge in [-0.3, -0.25) is 4.57 Å². The minimum absolute atomic E-state index is 0.396. The van der Waals surface area contributed by atoms with Gasteiger partial charge in [-0.1, -0.05) is 31.3 Å². The largest absolute Gasteiger partial charge is 0.429 e. The zero-order valence-electron chi connectivity index (χ0n) is 11.1. The van der Waals surface area contributed by atoms with Gasteiger partial charge >= 0.3 is 0 Å². The van der Waals surface area contributed by atoms with Crippen LogP contribution in [0, 0.1) is 9.48 Å². The van der Waals surface area contributed by atoms with E-state index in [0.29, 0.717) is 16.0 Å². The number of aryl methyl sites for hydroxylation is 1. The van der Waals surface area contributed by atoms with Crippen molar-refractivity contribution in [2.45, 2.75) is 19.9 Å². The summed E-state index contributed by atoms with van der Waals surface area (Å²) in [6, 6.07) is 6.08. The second-order valence-corrected chi connectivity index (χ2v) is 5.27. The first-order valence-electron chi connectivity index (χ1n) is 6.45. The molecule has 0 N–H and O–H groups in total. The monoisotopic (exact) mass is 302 g/mol. The molecule has 0 amide bonds. The summed E-state index contributed by atoms with van der Waals surface area (Å²) in [6.07, 6.45) is 4.64. The Morgan fingerprint density at radius 1 is 1.35 bits per heavy atom. The summed E-state index contributed by atoms with van der Waals surface area (Å²) in [7, 11) is 0. The molecule has 0 atom stereocenters. The Bertz CT molecular complexity index is 931. The predicted molar refractivity (Wildman–Crippen MR) is 86.4 cm³/mol. The molecule has 0 aliphatic carbocycles. The molecule has 0 bridgehead atoms. The number of hydrogen-bond donors (Lipinski definition) is 0. The van der Waals surface area contributed by atoms with E-state index in [1.165, 1.54) is 0 Å². The van der Waals surface area contributed by atoms with Crippen molar-refractivity contribution in [2.75, 3.05) is 0 Å². The van der Waals surface area contributed by atoms with Gasteiger partial charge in [-0.05, 0) is 30.8 Å². The number of hydrogen-bond acceptors (Lipinski definition) is 3. The van der Waals surface area contributed by atoms with Crippen LogP contribution in [-0.4, -0.2) is 8.97 Å². The summed E-state index contributed by atoms with van der Waals surface area (Å²) in [5, 5.41) is 0. The smallest absolute Gasteiger partial charge is 0.270 e. The molecule has 3 aromatic rings. The lowest BCUT2D eigenvalue weighted by Gasteiger charge is -2.04. The fraction of sp³-hybridized carbons (Fsp3) is 0.200.